The van der Waals surface area contributed by atoms with Crippen LogP contribution in [0.5, 0.6) is 0 Å². The Balaban J connectivity index is 1.98. The first-order valence-electron chi connectivity index (χ1n) is 6.42. The minimum absolute atomic E-state index is 0.285. The van der Waals surface area contributed by atoms with Crippen LogP contribution < -0.4 is 11.1 Å². The fraction of sp³-hybridized carbons (Fsp3) is 0.188. The standard InChI is InChI=1S/C16H17FN2O/c1-11-2-7-14(8-15(11)17)16(20)19-10-13-5-3-12(9-18)4-6-13/h2-8H,9-10,18H2,1H3,(H,19,20). The molecule has 0 aliphatic rings. The van der Waals surface area contributed by atoms with E-state index in [0.717, 1.165) is 11.1 Å². The summed E-state index contributed by atoms with van der Waals surface area (Å²) in [5.74, 6) is -0.656. The predicted molar refractivity (Wildman–Crippen MR) is 76.6 cm³/mol. The molecule has 2 aromatic carbocycles. The zero-order valence-electron chi connectivity index (χ0n) is 11.3. The minimum Gasteiger partial charge on any atom is -0.348 e. The quantitative estimate of drug-likeness (QED) is 0.898. The van der Waals surface area contributed by atoms with E-state index >= 15 is 0 Å². The van der Waals surface area contributed by atoms with Crippen molar-refractivity contribution in [2.45, 2.75) is 20.0 Å². The van der Waals surface area contributed by atoms with Crippen molar-refractivity contribution in [3.8, 4) is 0 Å². The normalized spacial score (nSPS) is 10.3. The van der Waals surface area contributed by atoms with Crippen molar-refractivity contribution in [2.24, 2.45) is 5.73 Å². The number of aryl methyl sites for hydroxylation is 1. The molecule has 0 radical (unpaired) electrons. The van der Waals surface area contributed by atoms with Crippen LogP contribution in [0, 0.1) is 12.7 Å². The lowest BCUT2D eigenvalue weighted by Crippen LogP contribution is -2.22. The second-order valence-corrected chi connectivity index (χ2v) is 4.67. The molecule has 0 unspecified atom stereocenters. The number of nitrogens with one attached hydrogen (secondary N) is 1. The highest BCUT2D eigenvalue weighted by Crippen LogP contribution is 2.09. The Morgan fingerprint density at radius 2 is 1.80 bits per heavy atom. The molecule has 2 rings (SSSR count). The van der Waals surface area contributed by atoms with Gasteiger partial charge in [0.05, 0.1) is 0 Å². The van der Waals surface area contributed by atoms with E-state index in [1.807, 2.05) is 24.3 Å². The molecule has 0 aromatic heterocycles. The number of nitrogens with two attached hydrogens (primary N) is 1. The molecule has 104 valence electrons. The molecular formula is C16H17FN2O. The van der Waals surface area contributed by atoms with Crippen molar-refractivity contribution in [3.05, 3.63) is 70.5 Å². The van der Waals surface area contributed by atoms with Gasteiger partial charge in [0.25, 0.3) is 5.91 Å². The Kier molecular flexibility index (Phi) is 4.48. The van der Waals surface area contributed by atoms with Crippen LogP contribution in [-0.2, 0) is 13.1 Å². The Hall–Kier alpha value is -2.20. The van der Waals surface area contributed by atoms with Crippen molar-refractivity contribution < 1.29 is 9.18 Å². The highest BCUT2D eigenvalue weighted by Gasteiger charge is 2.07. The minimum atomic E-state index is -0.370. The molecule has 0 aliphatic carbocycles. The molecule has 0 spiro atoms. The molecule has 0 saturated carbocycles. The van der Waals surface area contributed by atoms with Crippen LogP contribution in [0.1, 0.15) is 27.0 Å². The molecule has 0 bridgehead atoms. The number of amides is 1. The molecule has 3 nitrogen and oxygen atoms in total. The van der Waals surface area contributed by atoms with E-state index in [0.29, 0.717) is 24.2 Å². The lowest BCUT2D eigenvalue weighted by molar-refractivity contribution is 0.0950. The number of hydrogen-bond acceptors (Lipinski definition) is 2. The van der Waals surface area contributed by atoms with Crippen molar-refractivity contribution >= 4 is 5.91 Å². The van der Waals surface area contributed by atoms with Gasteiger partial charge in [-0.2, -0.15) is 0 Å². The van der Waals surface area contributed by atoms with E-state index in [-0.39, 0.29) is 11.7 Å². The monoisotopic (exact) mass is 272 g/mol. The van der Waals surface area contributed by atoms with Gasteiger partial charge in [-0.1, -0.05) is 30.3 Å². The predicted octanol–water partition coefficient (Wildman–Crippen LogP) is 2.52. The van der Waals surface area contributed by atoms with Crippen LogP contribution in [0.25, 0.3) is 0 Å². The third-order valence-electron chi connectivity index (χ3n) is 3.15. The third kappa shape index (κ3) is 3.42. The largest absolute Gasteiger partial charge is 0.348 e. The summed E-state index contributed by atoms with van der Waals surface area (Å²) in [5, 5.41) is 2.76. The summed E-state index contributed by atoms with van der Waals surface area (Å²) in [7, 11) is 0. The summed E-state index contributed by atoms with van der Waals surface area (Å²) < 4.78 is 13.4. The summed E-state index contributed by atoms with van der Waals surface area (Å²) in [5.41, 5.74) is 8.39. The summed E-state index contributed by atoms with van der Waals surface area (Å²) in [4.78, 5) is 11.9. The summed E-state index contributed by atoms with van der Waals surface area (Å²) in [6, 6.07) is 12.1. The van der Waals surface area contributed by atoms with E-state index < -0.39 is 0 Å². The first kappa shape index (κ1) is 14.2. The molecular weight excluding hydrogens is 255 g/mol. The maximum Gasteiger partial charge on any atom is 0.251 e. The topological polar surface area (TPSA) is 55.1 Å². The number of halogens is 1. The van der Waals surface area contributed by atoms with Gasteiger partial charge < -0.3 is 11.1 Å². The number of rotatable bonds is 4. The van der Waals surface area contributed by atoms with Crippen molar-refractivity contribution in [3.63, 3.8) is 0 Å². The number of hydrogen-bond donors (Lipinski definition) is 2. The summed E-state index contributed by atoms with van der Waals surface area (Å²) >= 11 is 0. The van der Waals surface area contributed by atoms with Gasteiger partial charge in [-0.05, 0) is 35.7 Å². The SMILES string of the molecule is Cc1ccc(C(=O)NCc2ccc(CN)cc2)cc1F. The molecule has 0 aliphatic heterocycles. The molecule has 0 saturated heterocycles. The maximum atomic E-state index is 13.4. The van der Waals surface area contributed by atoms with Gasteiger partial charge in [0, 0.05) is 18.7 Å². The summed E-state index contributed by atoms with van der Waals surface area (Å²) in [6.45, 7) is 2.56. The number of carbonyl (C=O) groups excluding carboxylic acids is 1. The van der Waals surface area contributed by atoms with Gasteiger partial charge in [0.2, 0.25) is 0 Å². The Morgan fingerprint density at radius 1 is 1.15 bits per heavy atom. The molecule has 1 amide bonds. The highest BCUT2D eigenvalue weighted by molar-refractivity contribution is 5.94. The first-order chi connectivity index (χ1) is 9.60. The lowest BCUT2D eigenvalue weighted by Gasteiger charge is -2.07. The van der Waals surface area contributed by atoms with Gasteiger partial charge in [0.15, 0.2) is 0 Å². The van der Waals surface area contributed by atoms with E-state index in [2.05, 4.69) is 5.32 Å². The molecule has 0 atom stereocenters. The van der Waals surface area contributed by atoms with Crippen LogP contribution in [0.15, 0.2) is 42.5 Å². The van der Waals surface area contributed by atoms with Crippen molar-refractivity contribution in [1.82, 2.24) is 5.32 Å². The van der Waals surface area contributed by atoms with Crippen LogP contribution >= 0.6 is 0 Å². The number of benzene rings is 2. The van der Waals surface area contributed by atoms with E-state index in [4.69, 9.17) is 5.73 Å². The fourth-order valence-corrected chi connectivity index (χ4v) is 1.81. The second-order valence-electron chi connectivity index (χ2n) is 4.67. The van der Waals surface area contributed by atoms with Crippen molar-refractivity contribution in [1.29, 1.82) is 0 Å². The number of carbonyl (C=O) groups is 1. The molecule has 2 aromatic rings. The Labute approximate surface area is 117 Å². The third-order valence-corrected chi connectivity index (χ3v) is 3.15. The van der Waals surface area contributed by atoms with Gasteiger partial charge in [-0.3, -0.25) is 4.79 Å². The highest BCUT2D eigenvalue weighted by atomic mass is 19.1. The molecule has 0 fully saturated rings. The van der Waals surface area contributed by atoms with E-state index in [1.165, 1.54) is 6.07 Å². The maximum absolute atomic E-state index is 13.4. The van der Waals surface area contributed by atoms with Crippen LogP contribution in [0.3, 0.4) is 0 Å². The smallest absolute Gasteiger partial charge is 0.251 e. The molecule has 0 heterocycles. The van der Waals surface area contributed by atoms with Crippen molar-refractivity contribution in [2.75, 3.05) is 0 Å². The first-order valence-corrected chi connectivity index (χ1v) is 6.42. The Bertz CT molecular complexity index is 608. The van der Waals surface area contributed by atoms with Gasteiger partial charge in [-0.25, -0.2) is 4.39 Å². The van der Waals surface area contributed by atoms with Gasteiger partial charge >= 0.3 is 0 Å². The molecule has 3 N–H and O–H groups in total. The Morgan fingerprint density at radius 3 is 2.40 bits per heavy atom. The lowest BCUT2D eigenvalue weighted by atomic mass is 10.1. The fourth-order valence-electron chi connectivity index (χ4n) is 1.81. The van der Waals surface area contributed by atoms with Crippen LogP contribution in [-0.4, -0.2) is 5.91 Å². The van der Waals surface area contributed by atoms with E-state index in [9.17, 15) is 9.18 Å². The zero-order valence-corrected chi connectivity index (χ0v) is 11.3. The molecule has 20 heavy (non-hydrogen) atoms. The van der Waals surface area contributed by atoms with E-state index in [1.54, 1.807) is 19.1 Å². The molecule has 4 heteroatoms. The van der Waals surface area contributed by atoms with Gasteiger partial charge in [-0.15, -0.1) is 0 Å². The van der Waals surface area contributed by atoms with Crippen LogP contribution in [0.4, 0.5) is 4.39 Å². The average molecular weight is 272 g/mol. The van der Waals surface area contributed by atoms with Gasteiger partial charge in [0.1, 0.15) is 5.82 Å². The zero-order chi connectivity index (χ0) is 14.5. The average Bonchev–Trinajstić information content (AvgIpc) is 2.48. The summed E-state index contributed by atoms with van der Waals surface area (Å²) in [6.07, 6.45) is 0. The second kappa shape index (κ2) is 6.30. The van der Waals surface area contributed by atoms with Crippen LogP contribution in [0.2, 0.25) is 0 Å².